The van der Waals surface area contributed by atoms with E-state index >= 15 is 0 Å². The number of hydrogen-bond donors (Lipinski definition) is 0. The second-order valence-electron chi connectivity index (χ2n) is 3.17. The minimum absolute atomic E-state index is 0.695. The summed E-state index contributed by atoms with van der Waals surface area (Å²) in [4.78, 5) is 18.8. The molecule has 1 heterocycles. The van der Waals surface area contributed by atoms with Gasteiger partial charge in [-0.05, 0) is 11.6 Å². The summed E-state index contributed by atoms with van der Waals surface area (Å²) in [6.07, 6.45) is 7.11. The summed E-state index contributed by atoms with van der Waals surface area (Å²) in [5.74, 6) is 0. The van der Waals surface area contributed by atoms with Crippen LogP contribution in [-0.2, 0) is 4.79 Å². The molecule has 0 spiro atoms. The van der Waals surface area contributed by atoms with Gasteiger partial charge in [-0.2, -0.15) is 0 Å². The highest BCUT2D eigenvalue weighted by Crippen LogP contribution is 2.19. The Balaban J connectivity index is 2.48. The van der Waals surface area contributed by atoms with E-state index in [1.165, 1.54) is 6.08 Å². The van der Waals surface area contributed by atoms with E-state index in [2.05, 4.69) is 9.97 Å². The number of carbonyl (C=O) groups is 1. The Bertz CT molecular complexity index is 450. The first-order chi connectivity index (χ1) is 7.92. The lowest BCUT2D eigenvalue weighted by Crippen LogP contribution is -1.92. The van der Waals surface area contributed by atoms with Crippen molar-refractivity contribution < 1.29 is 4.79 Å². The zero-order valence-corrected chi connectivity index (χ0v) is 8.58. The van der Waals surface area contributed by atoms with Crippen LogP contribution in [0.1, 0.15) is 11.3 Å². The first kappa shape index (κ1) is 10.2. The molecule has 3 nitrogen and oxygen atoms in total. The highest BCUT2D eigenvalue weighted by Gasteiger charge is 2.04. The van der Waals surface area contributed by atoms with Crippen LogP contribution in [0.2, 0.25) is 0 Å². The Kier molecular flexibility index (Phi) is 3.18. The predicted octanol–water partition coefficient (Wildman–Crippen LogP) is 2.11. The van der Waals surface area contributed by atoms with E-state index in [0.717, 1.165) is 17.4 Å². The van der Waals surface area contributed by atoms with Crippen molar-refractivity contribution in [1.82, 2.24) is 9.97 Å². The maximum atomic E-state index is 10.6. The van der Waals surface area contributed by atoms with Gasteiger partial charge in [-0.25, -0.2) is 0 Å². The van der Waals surface area contributed by atoms with Crippen LogP contribution in [0.25, 0.3) is 5.57 Å². The number of aldehydes is 1. The van der Waals surface area contributed by atoms with Gasteiger partial charge in [0.15, 0.2) is 0 Å². The molecule has 0 aliphatic heterocycles. The first-order valence-corrected chi connectivity index (χ1v) is 4.89. The largest absolute Gasteiger partial charge is 0.299 e. The molecule has 0 bridgehead atoms. The number of benzene rings is 1. The third-order valence-corrected chi connectivity index (χ3v) is 2.16. The van der Waals surface area contributed by atoms with Gasteiger partial charge < -0.3 is 0 Å². The van der Waals surface area contributed by atoms with Gasteiger partial charge in [-0.3, -0.25) is 14.8 Å². The Morgan fingerprint density at radius 1 is 1.12 bits per heavy atom. The van der Waals surface area contributed by atoms with Crippen LogP contribution in [0.15, 0.2) is 55.0 Å². The standard InChI is InChI=1S/C13H10N2O/c16-9-6-12(11-4-2-1-3-5-11)13-10-14-7-8-15-13/h1-10H. The maximum Gasteiger partial charge on any atom is 0.143 e. The van der Waals surface area contributed by atoms with Gasteiger partial charge in [-0.15, -0.1) is 0 Å². The highest BCUT2D eigenvalue weighted by molar-refractivity contribution is 5.88. The number of aromatic nitrogens is 2. The smallest absolute Gasteiger partial charge is 0.143 e. The van der Waals surface area contributed by atoms with Crippen molar-refractivity contribution in [3.05, 3.63) is 66.3 Å². The number of hydrogen-bond acceptors (Lipinski definition) is 3. The lowest BCUT2D eigenvalue weighted by Gasteiger charge is -2.04. The number of nitrogens with zero attached hydrogens (tertiary/aromatic N) is 2. The van der Waals surface area contributed by atoms with Gasteiger partial charge in [-0.1, -0.05) is 30.3 Å². The van der Waals surface area contributed by atoms with E-state index in [1.807, 2.05) is 30.3 Å². The van der Waals surface area contributed by atoms with Gasteiger partial charge >= 0.3 is 0 Å². The van der Waals surface area contributed by atoms with E-state index in [4.69, 9.17) is 0 Å². The quantitative estimate of drug-likeness (QED) is 0.575. The van der Waals surface area contributed by atoms with Crippen LogP contribution in [-0.4, -0.2) is 16.3 Å². The van der Waals surface area contributed by atoms with Crippen LogP contribution < -0.4 is 0 Å². The molecule has 0 saturated carbocycles. The molecular weight excluding hydrogens is 200 g/mol. The topological polar surface area (TPSA) is 42.9 Å². The molecule has 1 aromatic heterocycles. The van der Waals surface area contributed by atoms with Crippen molar-refractivity contribution in [3.63, 3.8) is 0 Å². The molecule has 0 saturated heterocycles. The Hall–Kier alpha value is -2.29. The van der Waals surface area contributed by atoms with Crippen molar-refractivity contribution in [3.8, 4) is 0 Å². The number of carbonyl (C=O) groups excluding carboxylic acids is 1. The molecule has 3 heteroatoms. The van der Waals surface area contributed by atoms with E-state index in [1.54, 1.807) is 18.6 Å². The van der Waals surface area contributed by atoms with Crippen molar-refractivity contribution in [1.29, 1.82) is 0 Å². The summed E-state index contributed by atoms with van der Waals surface area (Å²) in [7, 11) is 0. The summed E-state index contributed by atoms with van der Waals surface area (Å²) >= 11 is 0. The van der Waals surface area contributed by atoms with E-state index < -0.39 is 0 Å². The van der Waals surface area contributed by atoms with Crippen LogP contribution in [0.5, 0.6) is 0 Å². The van der Waals surface area contributed by atoms with Crippen molar-refractivity contribution in [2.24, 2.45) is 0 Å². The third kappa shape index (κ3) is 2.20. The molecule has 16 heavy (non-hydrogen) atoms. The Morgan fingerprint density at radius 2 is 1.94 bits per heavy atom. The molecule has 0 atom stereocenters. The fourth-order valence-corrected chi connectivity index (χ4v) is 1.45. The molecule has 0 aliphatic rings. The molecule has 0 fully saturated rings. The van der Waals surface area contributed by atoms with Gasteiger partial charge in [0.2, 0.25) is 0 Å². The SMILES string of the molecule is O=CC=C(c1ccccc1)c1cnccn1. The molecule has 0 amide bonds. The predicted molar refractivity (Wildman–Crippen MR) is 61.6 cm³/mol. The third-order valence-electron chi connectivity index (χ3n) is 2.16. The summed E-state index contributed by atoms with van der Waals surface area (Å²) in [6, 6.07) is 9.64. The zero-order valence-electron chi connectivity index (χ0n) is 8.58. The van der Waals surface area contributed by atoms with Crippen molar-refractivity contribution in [2.75, 3.05) is 0 Å². The average Bonchev–Trinajstić information content (AvgIpc) is 2.38. The minimum Gasteiger partial charge on any atom is -0.299 e. The molecule has 0 aliphatic carbocycles. The molecule has 0 unspecified atom stereocenters. The normalized spacial score (nSPS) is 11.1. The molecular formula is C13H10N2O. The average molecular weight is 210 g/mol. The monoisotopic (exact) mass is 210 g/mol. The van der Waals surface area contributed by atoms with Gasteiger partial charge in [0.1, 0.15) is 6.29 Å². The lowest BCUT2D eigenvalue weighted by molar-refractivity contribution is -0.104. The maximum absolute atomic E-state index is 10.6. The van der Waals surface area contributed by atoms with Crippen LogP contribution in [0.3, 0.4) is 0 Å². The van der Waals surface area contributed by atoms with E-state index in [9.17, 15) is 4.79 Å². The minimum atomic E-state index is 0.695. The van der Waals surface area contributed by atoms with Crippen LogP contribution >= 0.6 is 0 Å². The van der Waals surface area contributed by atoms with Gasteiger partial charge in [0.05, 0.1) is 11.9 Å². The summed E-state index contributed by atoms with van der Waals surface area (Å²) in [5, 5.41) is 0. The Morgan fingerprint density at radius 3 is 2.56 bits per heavy atom. The molecule has 2 rings (SSSR count). The van der Waals surface area contributed by atoms with Gasteiger partial charge in [0.25, 0.3) is 0 Å². The van der Waals surface area contributed by atoms with Crippen LogP contribution in [0, 0.1) is 0 Å². The van der Waals surface area contributed by atoms with E-state index in [0.29, 0.717) is 5.69 Å². The summed E-state index contributed by atoms with van der Waals surface area (Å²) < 4.78 is 0. The molecule has 1 aromatic carbocycles. The molecule has 78 valence electrons. The summed E-state index contributed by atoms with van der Waals surface area (Å²) in [5.41, 5.74) is 2.43. The molecule has 0 radical (unpaired) electrons. The second kappa shape index (κ2) is 4.98. The van der Waals surface area contributed by atoms with Crippen molar-refractivity contribution in [2.45, 2.75) is 0 Å². The molecule has 0 N–H and O–H groups in total. The fourth-order valence-electron chi connectivity index (χ4n) is 1.45. The lowest BCUT2D eigenvalue weighted by atomic mass is 10.0. The first-order valence-electron chi connectivity index (χ1n) is 4.89. The highest BCUT2D eigenvalue weighted by atomic mass is 16.1. The van der Waals surface area contributed by atoms with Crippen molar-refractivity contribution >= 4 is 11.9 Å². The van der Waals surface area contributed by atoms with E-state index in [-0.39, 0.29) is 0 Å². The fraction of sp³-hybridized carbons (Fsp3) is 0. The Labute approximate surface area is 93.5 Å². The van der Waals surface area contributed by atoms with Crippen LogP contribution in [0.4, 0.5) is 0 Å². The zero-order chi connectivity index (χ0) is 11.2. The van der Waals surface area contributed by atoms with Gasteiger partial charge in [0, 0.05) is 18.0 Å². The number of allylic oxidation sites excluding steroid dienone is 1. The molecule has 2 aromatic rings. The number of rotatable bonds is 3. The summed E-state index contributed by atoms with van der Waals surface area (Å²) in [6.45, 7) is 0. The second-order valence-corrected chi connectivity index (χ2v) is 3.17.